The Labute approximate surface area is 154 Å². The third-order valence-electron chi connectivity index (χ3n) is 4.35. The molecule has 0 bridgehead atoms. The first-order chi connectivity index (χ1) is 12.2. The van der Waals surface area contributed by atoms with E-state index in [1.54, 1.807) is 20.8 Å². The van der Waals surface area contributed by atoms with Gasteiger partial charge in [-0.3, -0.25) is 9.59 Å². The molecule has 0 saturated carbocycles. The summed E-state index contributed by atoms with van der Waals surface area (Å²) in [6.07, 6.45) is 1.43. The number of ether oxygens (including phenoxy) is 1. The van der Waals surface area contributed by atoms with Crippen molar-refractivity contribution in [2.75, 3.05) is 6.54 Å². The van der Waals surface area contributed by atoms with E-state index < -0.39 is 29.5 Å². The highest BCUT2D eigenvalue weighted by Gasteiger charge is 2.38. The van der Waals surface area contributed by atoms with Crippen molar-refractivity contribution in [3.05, 3.63) is 35.9 Å². The number of rotatable bonds is 6. The summed E-state index contributed by atoms with van der Waals surface area (Å²) in [4.78, 5) is 38.1. The predicted molar refractivity (Wildman–Crippen MR) is 96.5 cm³/mol. The van der Waals surface area contributed by atoms with Gasteiger partial charge in [0, 0.05) is 13.0 Å². The van der Waals surface area contributed by atoms with Crippen molar-refractivity contribution in [2.24, 2.45) is 5.92 Å². The van der Waals surface area contributed by atoms with Crippen LogP contribution in [0, 0.1) is 5.92 Å². The Kier molecular flexibility index (Phi) is 6.40. The summed E-state index contributed by atoms with van der Waals surface area (Å²) in [5.74, 6) is -2.54. The van der Waals surface area contributed by atoms with Crippen molar-refractivity contribution >= 4 is 17.8 Å². The maximum Gasteiger partial charge on any atom is 0.329 e. The van der Waals surface area contributed by atoms with Gasteiger partial charge >= 0.3 is 11.9 Å². The molecule has 1 saturated heterocycles. The molecule has 0 radical (unpaired) electrons. The molecule has 1 aromatic rings. The summed E-state index contributed by atoms with van der Waals surface area (Å²) in [6.45, 7) is 5.81. The fourth-order valence-electron chi connectivity index (χ4n) is 3.15. The number of carbonyl (C=O) groups is 3. The van der Waals surface area contributed by atoms with E-state index in [9.17, 15) is 19.5 Å². The number of likely N-dealkylation sites (tertiary alicyclic amines) is 1. The van der Waals surface area contributed by atoms with Gasteiger partial charge < -0.3 is 14.7 Å². The normalized spacial score (nSPS) is 18.4. The molecule has 0 spiro atoms. The molecule has 1 amide bonds. The fourth-order valence-corrected chi connectivity index (χ4v) is 3.15. The molecular formula is C20H27NO5. The lowest BCUT2D eigenvalue weighted by Gasteiger charge is -2.28. The molecule has 0 aromatic heterocycles. The van der Waals surface area contributed by atoms with Gasteiger partial charge in [0.15, 0.2) is 0 Å². The molecule has 1 aliphatic rings. The van der Waals surface area contributed by atoms with Crippen molar-refractivity contribution in [1.29, 1.82) is 0 Å². The second-order valence-electron chi connectivity index (χ2n) is 7.71. The number of carbonyl (C=O) groups excluding carboxylic acids is 2. The summed E-state index contributed by atoms with van der Waals surface area (Å²) in [5, 5.41) is 9.49. The zero-order valence-corrected chi connectivity index (χ0v) is 15.6. The molecule has 1 N–H and O–H groups in total. The summed E-state index contributed by atoms with van der Waals surface area (Å²) < 4.78 is 5.40. The number of carboxylic acid groups (broad SMARTS) is 1. The summed E-state index contributed by atoms with van der Waals surface area (Å²) in [6, 6.07) is 8.62. The molecule has 142 valence electrons. The van der Waals surface area contributed by atoms with Gasteiger partial charge in [0.05, 0.1) is 5.92 Å². The van der Waals surface area contributed by atoms with Crippen LogP contribution in [0.5, 0.6) is 0 Å². The van der Waals surface area contributed by atoms with Crippen molar-refractivity contribution in [1.82, 2.24) is 4.90 Å². The fraction of sp³-hybridized carbons (Fsp3) is 0.550. The molecule has 1 fully saturated rings. The lowest BCUT2D eigenvalue weighted by Crippen LogP contribution is -2.44. The number of amides is 1. The second kappa shape index (κ2) is 8.34. The van der Waals surface area contributed by atoms with E-state index in [0.717, 1.165) is 5.56 Å². The predicted octanol–water partition coefficient (Wildman–Crippen LogP) is 2.65. The number of esters is 1. The van der Waals surface area contributed by atoms with Crippen molar-refractivity contribution in [3.8, 4) is 0 Å². The third kappa shape index (κ3) is 5.58. The molecular weight excluding hydrogens is 334 g/mol. The minimum Gasteiger partial charge on any atom is -0.481 e. The first-order valence-electron chi connectivity index (χ1n) is 8.96. The number of benzene rings is 1. The molecule has 26 heavy (non-hydrogen) atoms. The number of carboxylic acids is 1. The van der Waals surface area contributed by atoms with E-state index in [0.29, 0.717) is 19.4 Å². The van der Waals surface area contributed by atoms with Crippen LogP contribution in [0.15, 0.2) is 30.3 Å². The van der Waals surface area contributed by atoms with Crippen LogP contribution in [-0.4, -0.2) is 46.0 Å². The molecule has 6 heteroatoms. The summed E-state index contributed by atoms with van der Waals surface area (Å²) in [5.41, 5.74) is 0.253. The van der Waals surface area contributed by atoms with Gasteiger partial charge in [-0.25, -0.2) is 4.79 Å². The SMILES string of the molecule is CC(C)(C)OC(=O)[C@@H]1CCCN1C(=O)CC(Cc1ccccc1)C(=O)O. The first kappa shape index (κ1) is 19.9. The zero-order valence-electron chi connectivity index (χ0n) is 15.6. The molecule has 6 nitrogen and oxygen atoms in total. The third-order valence-corrected chi connectivity index (χ3v) is 4.35. The van der Waals surface area contributed by atoms with Gasteiger partial charge in [0.1, 0.15) is 11.6 Å². The molecule has 1 unspecified atom stereocenters. The minimum atomic E-state index is -1.00. The highest BCUT2D eigenvalue weighted by Crippen LogP contribution is 2.24. The summed E-state index contributed by atoms with van der Waals surface area (Å²) in [7, 11) is 0. The highest BCUT2D eigenvalue weighted by atomic mass is 16.6. The first-order valence-corrected chi connectivity index (χ1v) is 8.96. The van der Waals surface area contributed by atoms with E-state index in [-0.39, 0.29) is 18.7 Å². The van der Waals surface area contributed by atoms with Gasteiger partial charge in [-0.2, -0.15) is 0 Å². The molecule has 2 atom stereocenters. The molecule has 1 aromatic carbocycles. The topological polar surface area (TPSA) is 83.9 Å². The van der Waals surface area contributed by atoms with Crippen molar-refractivity contribution in [3.63, 3.8) is 0 Å². The Morgan fingerprint density at radius 3 is 2.46 bits per heavy atom. The largest absolute Gasteiger partial charge is 0.481 e. The number of aliphatic carboxylic acids is 1. The lowest BCUT2D eigenvalue weighted by atomic mass is 9.95. The van der Waals surface area contributed by atoms with Crippen LogP contribution in [0.1, 0.15) is 45.6 Å². The maximum absolute atomic E-state index is 12.7. The van der Waals surface area contributed by atoms with E-state index in [4.69, 9.17) is 4.74 Å². The van der Waals surface area contributed by atoms with Gasteiger partial charge in [-0.1, -0.05) is 30.3 Å². The van der Waals surface area contributed by atoms with Crippen LogP contribution < -0.4 is 0 Å². The Hall–Kier alpha value is -2.37. The molecule has 1 aliphatic heterocycles. The minimum absolute atomic E-state index is 0.122. The van der Waals surface area contributed by atoms with Crippen LogP contribution in [0.4, 0.5) is 0 Å². The Morgan fingerprint density at radius 1 is 1.23 bits per heavy atom. The highest BCUT2D eigenvalue weighted by molar-refractivity contribution is 5.87. The van der Waals surface area contributed by atoms with E-state index in [2.05, 4.69) is 0 Å². The average Bonchev–Trinajstić information content (AvgIpc) is 3.03. The molecule has 0 aliphatic carbocycles. The quantitative estimate of drug-likeness (QED) is 0.788. The van der Waals surface area contributed by atoms with Crippen LogP contribution in [0.3, 0.4) is 0 Å². The molecule has 1 heterocycles. The second-order valence-corrected chi connectivity index (χ2v) is 7.71. The van der Waals surface area contributed by atoms with Gasteiger partial charge in [0.25, 0.3) is 0 Å². The lowest BCUT2D eigenvalue weighted by molar-refractivity contribution is -0.163. The van der Waals surface area contributed by atoms with Crippen molar-refractivity contribution < 1.29 is 24.2 Å². The number of nitrogens with zero attached hydrogens (tertiary/aromatic N) is 1. The molecule has 2 rings (SSSR count). The Bertz CT molecular complexity index is 650. The Morgan fingerprint density at radius 2 is 1.88 bits per heavy atom. The zero-order chi connectivity index (χ0) is 19.3. The summed E-state index contributed by atoms with van der Waals surface area (Å²) >= 11 is 0. The van der Waals surface area contributed by atoms with E-state index >= 15 is 0 Å². The van der Waals surface area contributed by atoms with Gasteiger partial charge in [0.2, 0.25) is 5.91 Å². The monoisotopic (exact) mass is 361 g/mol. The van der Waals surface area contributed by atoms with Crippen molar-refractivity contribution in [2.45, 2.75) is 58.1 Å². The smallest absolute Gasteiger partial charge is 0.329 e. The standard InChI is InChI=1S/C20H27NO5/c1-20(2,3)26-19(25)16-10-7-11-21(16)17(22)13-15(18(23)24)12-14-8-5-4-6-9-14/h4-6,8-9,15-16H,7,10-13H2,1-3H3,(H,23,24)/t15?,16-/m0/s1. The number of hydrogen-bond donors (Lipinski definition) is 1. The average molecular weight is 361 g/mol. The Balaban J connectivity index is 2.03. The van der Waals surface area contributed by atoms with Gasteiger partial charge in [-0.15, -0.1) is 0 Å². The van der Waals surface area contributed by atoms with Crippen LogP contribution in [0.25, 0.3) is 0 Å². The van der Waals surface area contributed by atoms with E-state index in [1.807, 2.05) is 30.3 Å². The van der Waals surface area contributed by atoms with Crippen LogP contribution >= 0.6 is 0 Å². The van der Waals surface area contributed by atoms with E-state index in [1.165, 1.54) is 4.90 Å². The van der Waals surface area contributed by atoms with Crippen LogP contribution in [0.2, 0.25) is 0 Å². The number of hydrogen-bond acceptors (Lipinski definition) is 4. The van der Waals surface area contributed by atoms with Gasteiger partial charge in [-0.05, 0) is 45.6 Å². The maximum atomic E-state index is 12.7. The van der Waals surface area contributed by atoms with Crippen LogP contribution in [-0.2, 0) is 25.5 Å².